The number of aliphatic hydroxyl groups excluding tert-OH is 1. The second-order valence-electron chi connectivity index (χ2n) is 3.29. The molecule has 1 unspecified atom stereocenters. The summed E-state index contributed by atoms with van der Waals surface area (Å²) in [4.78, 5) is 31.1. The number of rotatable bonds is 3. The van der Waals surface area contributed by atoms with Crippen molar-refractivity contribution >= 4 is 11.8 Å². The number of aliphatic hydroxyl groups is 1. The molecule has 2 amide bonds. The maximum atomic E-state index is 11.2. The molecular formula is C10H10N2O4. The monoisotopic (exact) mass is 222 g/mol. The molecule has 6 heteroatoms. The van der Waals surface area contributed by atoms with E-state index in [1.54, 1.807) is 12.1 Å². The first-order valence-electron chi connectivity index (χ1n) is 4.80. The van der Waals surface area contributed by atoms with E-state index in [1.807, 2.05) is 0 Å². The molecule has 1 aliphatic heterocycles. The highest BCUT2D eigenvalue weighted by Gasteiger charge is 2.32. The third-order valence-corrected chi connectivity index (χ3v) is 2.15. The van der Waals surface area contributed by atoms with Gasteiger partial charge in [0, 0.05) is 19.0 Å². The van der Waals surface area contributed by atoms with Gasteiger partial charge >= 0.3 is 0 Å². The van der Waals surface area contributed by atoms with E-state index in [0.29, 0.717) is 5.06 Å². The van der Waals surface area contributed by atoms with E-state index in [-0.39, 0.29) is 18.5 Å². The normalized spacial score (nSPS) is 17.9. The molecule has 1 aromatic rings. The Bertz CT molecular complexity index is 391. The molecular weight excluding hydrogens is 212 g/mol. The molecule has 1 fully saturated rings. The number of carbonyl (C=O) groups excluding carboxylic acids is 2. The van der Waals surface area contributed by atoms with Gasteiger partial charge in [0.05, 0.1) is 5.69 Å². The summed E-state index contributed by atoms with van der Waals surface area (Å²) in [7, 11) is 0. The number of nitrogens with zero attached hydrogens (tertiary/aromatic N) is 2. The molecule has 16 heavy (non-hydrogen) atoms. The highest BCUT2D eigenvalue weighted by Crippen LogP contribution is 2.19. The first kappa shape index (κ1) is 10.7. The van der Waals surface area contributed by atoms with Crippen LogP contribution >= 0.6 is 0 Å². The van der Waals surface area contributed by atoms with Crippen LogP contribution in [0.25, 0.3) is 0 Å². The summed E-state index contributed by atoms with van der Waals surface area (Å²) >= 11 is 0. The maximum Gasteiger partial charge on any atom is 0.254 e. The van der Waals surface area contributed by atoms with Crippen LogP contribution in [0.4, 0.5) is 0 Å². The summed E-state index contributed by atoms with van der Waals surface area (Å²) < 4.78 is 0. The largest absolute Gasteiger partial charge is 0.361 e. The van der Waals surface area contributed by atoms with E-state index < -0.39 is 18.1 Å². The Morgan fingerprint density at radius 3 is 2.56 bits per heavy atom. The summed E-state index contributed by atoms with van der Waals surface area (Å²) in [5, 5.41) is 10.2. The summed E-state index contributed by atoms with van der Waals surface area (Å²) in [5.74, 6) is -0.889. The smallest absolute Gasteiger partial charge is 0.254 e. The van der Waals surface area contributed by atoms with E-state index in [2.05, 4.69) is 4.98 Å². The fourth-order valence-corrected chi connectivity index (χ4v) is 1.35. The Morgan fingerprint density at radius 2 is 2.00 bits per heavy atom. The first-order valence-corrected chi connectivity index (χ1v) is 4.80. The minimum absolute atomic E-state index is 0.119. The highest BCUT2D eigenvalue weighted by molar-refractivity contribution is 6.00. The van der Waals surface area contributed by atoms with E-state index in [0.717, 1.165) is 0 Å². The minimum atomic E-state index is -1.41. The number of hydroxylamine groups is 2. The van der Waals surface area contributed by atoms with E-state index in [9.17, 15) is 14.7 Å². The van der Waals surface area contributed by atoms with Gasteiger partial charge in [-0.1, -0.05) is 6.07 Å². The fourth-order valence-electron chi connectivity index (χ4n) is 1.35. The molecule has 0 aliphatic carbocycles. The lowest BCUT2D eigenvalue weighted by atomic mass is 10.3. The van der Waals surface area contributed by atoms with E-state index >= 15 is 0 Å². The fraction of sp³-hybridized carbons (Fsp3) is 0.300. The standard InChI is InChI=1S/C10H10N2O4/c13-8-4-5-9(14)12(8)16-10(15)7-3-1-2-6-11-7/h1-3,6,10,15H,4-5H2. The van der Waals surface area contributed by atoms with Crippen molar-refractivity contribution in [2.45, 2.75) is 19.1 Å². The van der Waals surface area contributed by atoms with Gasteiger partial charge in [-0.25, -0.2) is 4.84 Å². The third-order valence-electron chi connectivity index (χ3n) is 2.15. The Labute approximate surface area is 91.4 Å². The number of amides is 2. The molecule has 84 valence electrons. The van der Waals surface area contributed by atoms with E-state index in [4.69, 9.17) is 4.84 Å². The second-order valence-corrected chi connectivity index (χ2v) is 3.29. The molecule has 1 atom stereocenters. The quantitative estimate of drug-likeness (QED) is 0.581. The lowest BCUT2D eigenvalue weighted by molar-refractivity contribution is -0.248. The van der Waals surface area contributed by atoms with Gasteiger partial charge < -0.3 is 5.11 Å². The number of pyridine rings is 1. The van der Waals surface area contributed by atoms with Crippen LogP contribution in [-0.4, -0.2) is 27.0 Å². The number of aromatic nitrogens is 1. The Hall–Kier alpha value is -1.79. The predicted molar refractivity (Wildman–Crippen MR) is 51.4 cm³/mol. The molecule has 2 heterocycles. The molecule has 1 N–H and O–H groups in total. The third kappa shape index (κ3) is 2.07. The Kier molecular flexibility index (Phi) is 2.93. The topological polar surface area (TPSA) is 79.7 Å². The van der Waals surface area contributed by atoms with Crippen molar-refractivity contribution in [1.82, 2.24) is 10.0 Å². The first-order chi connectivity index (χ1) is 7.68. The number of hydrogen-bond donors (Lipinski definition) is 1. The SMILES string of the molecule is O=C1CCC(=O)N1OC(O)c1ccccn1. The van der Waals surface area contributed by atoms with Crippen LogP contribution in [0.1, 0.15) is 24.8 Å². The van der Waals surface area contributed by atoms with Crippen molar-refractivity contribution in [2.24, 2.45) is 0 Å². The van der Waals surface area contributed by atoms with Gasteiger partial charge in [0.1, 0.15) is 0 Å². The maximum absolute atomic E-state index is 11.2. The second kappa shape index (κ2) is 4.38. The van der Waals surface area contributed by atoms with Crippen molar-refractivity contribution in [2.75, 3.05) is 0 Å². The van der Waals surface area contributed by atoms with Gasteiger partial charge in [0.25, 0.3) is 11.8 Å². The van der Waals surface area contributed by atoms with Crippen LogP contribution in [0.15, 0.2) is 24.4 Å². The molecule has 0 spiro atoms. The van der Waals surface area contributed by atoms with Crippen LogP contribution in [0.3, 0.4) is 0 Å². The molecule has 1 saturated heterocycles. The Morgan fingerprint density at radius 1 is 1.31 bits per heavy atom. The predicted octanol–water partition coefficient (Wildman–Crippen LogP) is 0.153. The summed E-state index contributed by atoms with van der Waals surface area (Å²) in [5.41, 5.74) is 0.245. The molecule has 1 aromatic heterocycles. The zero-order valence-corrected chi connectivity index (χ0v) is 8.37. The number of hydrogen-bond acceptors (Lipinski definition) is 5. The van der Waals surface area contributed by atoms with Crippen molar-refractivity contribution in [3.8, 4) is 0 Å². The van der Waals surface area contributed by atoms with Gasteiger partial charge in [-0.05, 0) is 12.1 Å². The minimum Gasteiger partial charge on any atom is -0.361 e. The average molecular weight is 222 g/mol. The van der Waals surface area contributed by atoms with Crippen molar-refractivity contribution < 1.29 is 19.5 Å². The molecule has 6 nitrogen and oxygen atoms in total. The van der Waals surface area contributed by atoms with E-state index in [1.165, 1.54) is 12.3 Å². The van der Waals surface area contributed by atoms with Crippen LogP contribution in [-0.2, 0) is 14.4 Å². The van der Waals surface area contributed by atoms with Crippen LogP contribution < -0.4 is 0 Å². The van der Waals surface area contributed by atoms with Crippen LogP contribution in [0, 0.1) is 0 Å². The lowest BCUT2D eigenvalue weighted by Gasteiger charge is -2.17. The lowest BCUT2D eigenvalue weighted by Crippen LogP contribution is -2.31. The molecule has 0 bridgehead atoms. The number of carbonyl (C=O) groups is 2. The molecule has 0 radical (unpaired) electrons. The van der Waals surface area contributed by atoms with Crippen molar-refractivity contribution in [3.63, 3.8) is 0 Å². The van der Waals surface area contributed by atoms with Gasteiger partial charge in [0.2, 0.25) is 6.29 Å². The van der Waals surface area contributed by atoms with Crippen LogP contribution in [0.2, 0.25) is 0 Å². The van der Waals surface area contributed by atoms with Crippen molar-refractivity contribution in [1.29, 1.82) is 0 Å². The van der Waals surface area contributed by atoms with Gasteiger partial charge in [-0.2, -0.15) is 5.06 Å². The summed E-state index contributed by atoms with van der Waals surface area (Å²) in [6.07, 6.45) is 0.309. The molecule has 2 rings (SSSR count). The van der Waals surface area contributed by atoms with Crippen LogP contribution in [0.5, 0.6) is 0 Å². The zero-order valence-electron chi connectivity index (χ0n) is 8.37. The molecule has 1 aliphatic rings. The average Bonchev–Trinajstić information content (AvgIpc) is 2.62. The Balaban J connectivity index is 2.05. The molecule has 0 aromatic carbocycles. The highest BCUT2D eigenvalue weighted by atomic mass is 16.8. The van der Waals surface area contributed by atoms with Crippen molar-refractivity contribution in [3.05, 3.63) is 30.1 Å². The number of imide groups is 1. The molecule has 0 saturated carbocycles. The summed E-state index contributed by atoms with van der Waals surface area (Å²) in [6.45, 7) is 0. The van der Waals surface area contributed by atoms with Gasteiger partial charge in [0.15, 0.2) is 0 Å². The van der Waals surface area contributed by atoms with Gasteiger partial charge in [-0.3, -0.25) is 14.6 Å². The summed E-state index contributed by atoms with van der Waals surface area (Å²) in [6, 6.07) is 4.89. The zero-order chi connectivity index (χ0) is 11.5. The van der Waals surface area contributed by atoms with Gasteiger partial charge in [-0.15, -0.1) is 0 Å².